The first kappa shape index (κ1) is 12.6. The molecule has 6 nitrogen and oxygen atoms in total. The predicted octanol–water partition coefficient (Wildman–Crippen LogP) is 0.680. The molecular weight excluding hydrogens is 252 g/mol. The molecule has 0 atom stereocenters. The average Bonchev–Trinajstić information content (AvgIpc) is 2.76. The molecule has 96 valence electrons. The zero-order chi connectivity index (χ0) is 13.2. The van der Waals surface area contributed by atoms with E-state index >= 15 is 0 Å². The zero-order valence-corrected chi connectivity index (χ0v) is 10.7. The Bertz CT molecular complexity index is 649. The summed E-state index contributed by atoms with van der Waals surface area (Å²) in [5.41, 5.74) is 6.79. The summed E-state index contributed by atoms with van der Waals surface area (Å²) >= 11 is 0. The minimum atomic E-state index is -3.64. The van der Waals surface area contributed by atoms with Gasteiger partial charge >= 0.3 is 0 Å². The van der Waals surface area contributed by atoms with Gasteiger partial charge in [0.2, 0.25) is 0 Å². The largest absolute Gasteiger partial charge is 0.326 e. The molecule has 3 N–H and O–H groups in total. The monoisotopic (exact) mass is 266 g/mol. The van der Waals surface area contributed by atoms with Crippen LogP contribution in [0.15, 0.2) is 41.6 Å². The molecule has 0 aliphatic rings. The standard InChI is InChI=1S/C11H14N4O2S/c1-15-11(6-7-13-15)18(16,17)14-10-5-3-2-4-9(10)8-12/h2-7,14H,8,12H2,1H3. The third-order valence-corrected chi connectivity index (χ3v) is 3.97. The molecule has 1 heterocycles. The fourth-order valence-electron chi connectivity index (χ4n) is 1.62. The van der Waals surface area contributed by atoms with E-state index in [1.807, 2.05) is 6.07 Å². The number of nitrogens with zero attached hydrogens (tertiary/aromatic N) is 2. The molecule has 0 fully saturated rings. The Morgan fingerprint density at radius 3 is 2.67 bits per heavy atom. The van der Waals surface area contributed by atoms with Gasteiger partial charge in [0.15, 0.2) is 5.03 Å². The Hall–Kier alpha value is -1.86. The molecule has 1 aromatic heterocycles. The number of nitrogens with one attached hydrogen (secondary N) is 1. The van der Waals surface area contributed by atoms with Crippen molar-refractivity contribution in [2.75, 3.05) is 4.72 Å². The molecule has 0 spiro atoms. The van der Waals surface area contributed by atoms with Gasteiger partial charge in [-0.25, -0.2) is 0 Å². The lowest BCUT2D eigenvalue weighted by Gasteiger charge is -2.11. The van der Waals surface area contributed by atoms with Crippen molar-refractivity contribution in [3.05, 3.63) is 42.1 Å². The van der Waals surface area contributed by atoms with E-state index < -0.39 is 10.0 Å². The van der Waals surface area contributed by atoms with E-state index in [0.717, 1.165) is 5.56 Å². The summed E-state index contributed by atoms with van der Waals surface area (Å²) in [6.45, 7) is 0.268. The van der Waals surface area contributed by atoms with Crippen LogP contribution in [0.1, 0.15) is 5.56 Å². The number of benzene rings is 1. The van der Waals surface area contributed by atoms with Crippen molar-refractivity contribution >= 4 is 15.7 Å². The molecule has 0 bridgehead atoms. The van der Waals surface area contributed by atoms with Gasteiger partial charge in [-0.05, 0) is 17.7 Å². The molecule has 0 unspecified atom stereocenters. The third-order valence-electron chi connectivity index (χ3n) is 2.53. The smallest absolute Gasteiger partial charge is 0.279 e. The zero-order valence-electron chi connectivity index (χ0n) is 9.87. The maximum Gasteiger partial charge on any atom is 0.279 e. The number of aryl methyl sites for hydroxylation is 1. The fourth-order valence-corrected chi connectivity index (χ4v) is 2.85. The van der Waals surface area contributed by atoms with Crippen LogP contribution >= 0.6 is 0 Å². The first-order valence-electron chi connectivity index (χ1n) is 5.33. The van der Waals surface area contributed by atoms with Crippen molar-refractivity contribution in [1.29, 1.82) is 0 Å². The van der Waals surface area contributed by atoms with Crippen molar-refractivity contribution in [3.63, 3.8) is 0 Å². The third kappa shape index (κ3) is 2.36. The second kappa shape index (κ2) is 4.79. The highest BCUT2D eigenvalue weighted by Gasteiger charge is 2.18. The number of rotatable bonds is 4. The minimum Gasteiger partial charge on any atom is -0.326 e. The van der Waals surface area contributed by atoms with E-state index in [0.29, 0.717) is 5.69 Å². The van der Waals surface area contributed by atoms with E-state index in [-0.39, 0.29) is 11.6 Å². The summed E-state index contributed by atoms with van der Waals surface area (Å²) in [7, 11) is -2.07. The number of sulfonamides is 1. The average molecular weight is 266 g/mol. The molecule has 0 aliphatic heterocycles. The first-order chi connectivity index (χ1) is 8.54. The Morgan fingerprint density at radius 2 is 2.06 bits per heavy atom. The number of hydrogen-bond acceptors (Lipinski definition) is 4. The van der Waals surface area contributed by atoms with Gasteiger partial charge in [-0.3, -0.25) is 9.40 Å². The highest BCUT2D eigenvalue weighted by Crippen LogP contribution is 2.19. The molecule has 0 aliphatic carbocycles. The fraction of sp³-hybridized carbons (Fsp3) is 0.182. The lowest BCUT2D eigenvalue weighted by atomic mass is 10.2. The Kier molecular flexibility index (Phi) is 3.35. The number of aromatic nitrogens is 2. The Labute approximate surface area is 105 Å². The lowest BCUT2D eigenvalue weighted by Crippen LogP contribution is -2.18. The maximum atomic E-state index is 12.1. The molecule has 0 amide bonds. The van der Waals surface area contributed by atoms with Crippen molar-refractivity contribution < 1.29 is 8.42 Å². The highest BCUT2D eigenvalue weighted by atomic mass is 32.2. The van der Waals surface area contributed by atoms with E-state index in [9.17, 15) is 8.42 Å². The first-order valence-corrected chi connectivity index (χ1v) is 6.81. The SMILES string of the molecule is Cn1nccc1S(=O)(=O)Nc1ccccc1CN. The predicted molar refractivity (Wildman–Crippen MR) is 68.3 cm³/mol. The van der Waals surface area contributed by atoms with Gasteiger partial charge in [-0.15, -0.1) is 0 Å². The van der Waals surface area contributed by atoms with Crippen molar-refractivity contribution in [2.45, 2.75) is 11.6 Å². The molecular formula is C11H14N4O2S. The normalized spacial score (nSPS) is 11.4. The number of para-hydroxylation sites is 1. The summed E-state index contributed by atoms with van der Waals surface area (Å²) in [6.07, 6.45) is 1.43. The molecule has 18 heavy (non-hydrogen) atoms. The summed E-state index contributed by atoms with van der Waals surface area (Å²) < 4.78 is 28.1. The van der Waals surface area contributed by atoms with Gasteiger partial charge in [0, 0.05) is 13.6 Å². The van der Waals surface area contributed by atoms with Crippen molar-refractivity contribution in [1.82, 2.24) is 9.78 Å². The molecule has 1 aromatic carbocycles. The topological polar surface area (TPSA) is 90.0 Å². The number of anilines is 1. The lowest BCUT2D eigenvalue weighted by molar-refractivity contribution is 0.582. The van der Waals surface area contributed by atoms with Crippen LogP contribution in [0.2, 0.25) is 0 Å². The number of hydrogen-bond donors (Lipinski definition) is 2. The van der Waals surface area contributed by atoms with Crippen LogP contribution in [0.3, 0.4) is 0 Å². The van der Waals surface area contributed by atoms with E-state index in [1.165, 1.54) is 16.9 Å². The Balaban J connectivity index is 2.37. The minimum absolute atomic E-state index is 0.106. The van der Waals surface area contributed by atoms with Crippen LogP contribution < -0.4 is 10.5 Å². The molecule has 7 heteroatoms. The van der Waals surface area contributed by atoms with Crippen molar-refractivity contribution in [3.8, 4) is 0 Å². The van der Waals surface area contributed by atoms with Crippen molar-refractivity contribution in [2.24, 2.45) is 12.8 Å². The van der Waals surface area contributed by atoms with Gasteiger partial charge in [-0.1, -0.05) is 18.2 Å². The number of nitrogens with two attached hydrogens (primary N) is 1. The van der Waals surface area contributed by atoms with Crippen LogP contribution in [0.5, 0.6) is 0 Å². The van der Waals surface area contributed by atoms with E-state index in [2.05, 4.69) is 9.82 Å². The Morgan fingerprint density at radius 1 is 1.33 bits per heavy atom. The van der Waals surface area contributed by atoms with Crippen LogP contribution in [-0.4, -0.2) is 18.2 Å². The van der Waals surface area contributed by atoms with Crippen LogP contribution in [0, 0.1) is 0 Å². The summed E-state index contributed by atoms with van der Waals surface area (Å²) in [5.74, 6) is 0. The summed E-state index contributed by atoms with van der Waals surface area (Å²) in [4.78, 5) is 0. The molecule has 0 saturated heterocycles. The highest BCUT2D eigenvalue weighted by molar-refractivity contribution is 7.92. The molecule has 0 saturated carbocycles. The quantitative estimate of drug-likeness (QED) is 0.851. The second-order valence-electron chi connectivity index (χ2n) is 3.76. The van der Waals surface area contributed by atoms with Gasteiger partial charge in [-0.2, -0.15) is 13.5 Å². The molecule has 2 rings (SSSR count). The van der Waals surface area contributed by atoms with Gasteiger partial charge < -0.3 is 5.73 Å². The second-order valence-corrected chi connectivity index (χ2v) is 5.39. The van der Waals surface area contributed by atoms with E-state index in [4.69, 9.17) is 5.73 Å². The van der Waals surface area contributed by atoms with Gasteiger partial charge in [0.25, 0.3) is 10.0 Å². The van der Waals surface area contributed by atoms with Gasteiger partial charge in [0.1, 0.15) is 0 Å². The van der Waals surface area contributed by atoms with Gasteiger partial charge in [0.05, 0.1) is 11.9 Å². The van der Waals surface area contributed by atoms with Crippen LogP contribution in [0.25, 0.3) is 0 Å². The van der Waals surface area contributed by atoms with Crippen LogP contribution in [0.4, 0.5) is 5.69 Å². The summed E-state index contributed by atoms with van der Waals surface area (Å²) in [5, 5.41) is 3.95. The molecule has 0 radical (unpaired) electrons. The van der Waals surface area contributed by atoms with E-state index in [1.54, 1.807) is 25.2 Å². The summed E-state index contributed by atoms with van der Waals surface area (Å²) in [6, 6.07) is 8.45. The maximum absolute atomic E-state index is 12.1. The van der Waals surface area contributed by atoms with Crippen LogP contribution in [-0.2, 0) is 23.6 Å². The molecule has 2 aromatic rings.